The third kappa shape index (κ3) is 5.26. The molecular weight excluding hydrogens is 463 g/mol. The Kier molecular flexibility index (Phi) is 6.93. The molecule has 0 spiro atoms. The van der Waals surface area contributed by atoms with Gasteiger partial charge in [0.25, 0.3) is 5.91 Å². The van der Waals surface area contributed by atoms with Crippen molar-refractivity contribution in [2.24, 2.45) is 0 Å². The molecule has 2 aromatic carbocycles. The Balaban J connectivity index is 1.43. The normalized spacial score (nSPS) is 11.6. The van der Waals surface area contributed by atoms with Crippen molar-refractivity contribution in [1.82, 2.24) is 19.0 Å². The molecule has 1 atom stereocenters. The molecule has 2 heterocycles. The molecule has 1 N–H and O–H groups in total. The molecule has 0 aliphatic rings. The summed E-state index contributed by atoms with van der Waals surface area (Å²) < 4.78 is 38.6. The van der Waals surface area contributed by atoms with Crippen molar-refractivity contribution in [2.75, 3.05) is 7.11 Å². The topological polar surface area (TPSA) is 113 Å². The number of nitrogens with one attached hydrogen (secondary N) is 1. The summed E-state index contributed by atoms with van der Waals surface area (Å²) in [6.07, 6.45) is 0.620. The number of halogens is 1. The van der Waals surface area contributed by atoms with E-state index in [9.17, 15) is 14.0 Å². The van der Waals surface area contributed by atoms with Gasteiger partial charge >= 0.3 is 5.97 Å². The van der Waals surface area contributed by atoms with Crippen molar-refractivity contribution in [3.63, 3.8) is 0 Å². The number of ether oxygens (including phenoxy) is 3. The second-order valence-electron chi connectivity index (χ2n) is 7.09. The van der Waals surface area contributed by atoms with Gasteiger partial charge in [0.15, 0.2) is 6.10 Å². The standard InChI is InChI=1S/C23H19FN4O5S/c1-13(23(30)31-2)32-15-6-5-14(18(24)10-15)12-26-21(29)17-4-3-9-25-22(17)33-16-7-8-19-20(11-16)28-34-27-19/h3-11,13H,12H2,1-2H3,(H,26,29)/t13-/m1/s1. The molecule has 0 aliphatic carbocycles. The SMILES string of the molecule is COC(=O)[C@@H](C)Oc1ccc(CNC(=O)c2cccnc2Oc2ccc3nsnc3c2)c(F)c1. The maximum atomic E-state index is 14.5. The molecule has 4 rings (SSSR count). The van der Waals surface area contributed by atoms with Gasteiger partial charge in [-0.05, 0) is 37.3 Å². The molecule has 0 radical (unpaired) electrons. The molecular formula is C23H19FN4O5S. The van der Waals surface area contributed by atoms with Crippen LogP contribution in [0.4, 0.5) is 4.39 Å². The number of nitrogens with zero attached hydrogens (tertiary/aromatic N) is 3. The van der Waals surface area contributed by atoms with Gasteiger partial charge in [-0.25, -0.2) is 14.2 Å². The van der Waals surface area contributed by atoms with Crippen molar-refractivity contribution >= 4 is 34.6 Å². The number of carbonyl (C=O) groups is 2. The lowest BCUT2D eigenvalue weighted by Crippen LogP contribution is -2.25. The fraction of sp³-hybridized carbons (Fsp3) is 0.174. The van der Waals surface area contributed by atoms with Crippen LogP contribution in [0.2, 0.25) is 0 Å². The van der Waals surface area contributed by atoms with E-state index in [1.165, 1.54) is 32.4 Å². The molecule has 0 saturated carbocycles. The Labute approximate surface area is 197 Å². The highest BCUT2D eigenvalue weighted by molar-refractivity contribution is 7.00. The molecule has 1 amide bonds. The van der Waals surface area contributed by atoms with Gasteiger partial charge in [0, 0.05) is 30.4 Å². The summed E-state index contributed by atoms with van der Waals surface area (Å²) in [5.41, 5.74) is 1.84. The van der Waals surface area contributed by atoms with Gasteiger partial charge in [0.05, 0.1) is 18.8 Å². The van der Waals surface area contributed by atoms with Crippen LogP contribution < -0.4 is 14.8 Å². The third-order valence-electron chi connectivity index (χ3n) is 4.77. The van der Waals surface area contributed by atoms with E-state index < -0.39 is 23.8 Å². The molecule has 0 unspecified atom stereocenters. The number of rotatable bonds is 8. The molecule has 0 bridgehead atoms. The highest BCUT2D eigenvalue weighted by Gasteiger charge is 2.17. The second-order valence-corrected chi connectivity index (χ2v) is 7.62. The van der Waals surface area contributed by atoms with E-state index in [0.717, 1.165) is 23.3 Å². The fourth-order valence-corrected chi connectivity index (χ4v) is 3.53. The number of aromatic nitrogens is 3. The highest BCUT2D eigenvalue weighted by Crippen LogP contribution is 2.26. The first-order valence-corrected chi connectivity index (χ1v) is 10.8. The summed E-state index contributed by atoms with van der Waals surface area (Å²) in [6, 6.07) is 12.4. The van der Waals surface area contributed by atoms with Gasteiger partial charge in [-0.1, -0.05) is 6.07 Å². The first kappa shape index (κ1) is 23.1. The molecule has 0 aliphatic heterocycles. The predicted octanol–water partition coefficient (Wildman–Crippen LogP) is 3.89. The van der Waals surface area contributed by atoms with Crippen LogP contribution in [-0.2, 0) is 16.1 Å². The molecule has 2 aromatic heterocycles. The number of benzene rings is 2. The van der Waals surface area contributed by atoms with Crippen LogP contribution in [0.25, 0.3) is 11.0 Å². The summed E-state index contributed by atoms with van der Waals surface area (Å²) in [7, 11) is 1.24. The van der Waals surface area contributed by atoms with Crippen molar-refractivity contribution in [3.05, 3.63) is 71.7 Å². The van der Waals surface area contributed by atoms with Gasteiger partial charge in [-0.3, -0.25) is 4.79 Å². The maximum absolute atomic E-state index is 14.5. The third-order valence-corrected chi connectivity index (χ3v) is 5.32. The van der Waals surface area contributed by atoms with E-state index in [-0.39, 0.29) is 29.3 Å². The number of amides is 1. The van der Waals surface area contributed by atoms with Gasteiger partial charge in [0.1, 0.15) is 33.9 Å². The molecule has 34 heavy (non-hydrogen) atoms. The van der Waals surface area contributed by atoms with Crippen LogP contribution in [0.15, 0.2) is 54.7 Å². The molecule has 0 saturated heterocycles. The zero-order valence-corrected chi connectivity index (χ0v) is 19.0. The maximum Gasteiger partial charge on any atom is 0.346 e. The molecule has 174 valence electrons. The minimum absolute atomic E-state index is 0.0811. The quantitative estimate of drug-likeness (QED) is 0.377. The van der Waals surface area contributed by atoms with Crippen LogP contribution in [0.1, 0.15) is 22.8 Å². The summed E-state index contributed by atoms with van der Waals surface area (Å²) in [5.74, 6) is -0.935. The van der Waals surface area contributed by atoms with Gasteiger partial charge in [-0.2, -0.15) is 8.75 Å². The van der Waals surface area contributed by atoms with Gasteiger partial charge < -0.3 is 19.5 Å². The average molecular weight is 482 g/mol. The van der Waals surface area contributed by atoms with E-state index in [1.54, 1.807) is 30.3 Å². The van der Waals surface area contributed by atoms with Crippen LogP contribution in [0, 0.1) is 5.82 Å². The lowest BCUT2D eigenvalue weighted by Gasteiger charge is -2.14. The van der Waals surface area contributed by atoms with Crippen molar-refractivity contribution < 1.29 is 28.2 Å². The molecule has 9 nitrogen and oxygen atoms in total. The summed E-state index contributed by atoms with van der Waals surface area (Å²) in [5, 5.41) is 2.66. The number of carbonyl (C=O) groups excluding carboxylic acids is 2. The Morgan fingerprint density at radius 1 is 1.09 bits per heavy atom. The smallest absolute Gasteiger partial charge is 0.346 e. The Morgan fingerprint density at radius 2 is 1.88 bits per heavy atom. The van der Waals surface area contributed by atoms with Gasteiger partial charge in [0.2, 0.25) is 5.88 Å². The van der Waals surface area contributed by atoms with Crippen molar-refractivity contribution in [2.45, 2.75) is 19.6 Å². The average Bonchev–Trinajstić information content (AvgIpc) is 3.31. The highest BCUT2D eigenvalue weighted by atomic mass is 32.1. The van der Waals surface area contributed by atoms with Crippen molar-refractivity contribution in [1.29, 1.82) is 0 Å². The van der Waals surface area contributed by atoms with E-state index in [4.69, 9.17) is 9.47 Å². The van der Waals surface area contributed by atoms with Crippen molar-refractivity contribution in [3.8, 4) is 17.4 Å². The first-order chi connectivity index (χ1) is 16.4. The number of esters is 1. The Hall–Kier alpha value is -4.12. The number of methoxy groups -OCH3 is 1. The minimum Gasteiger partial charge on any atom is -0.479 e. The zero-order chi connectivity index (χ0) is 24.1. The Morgan fingerprint density at radius 3 is 2.68 bits per heavy atom. The molecule has 11 heteroatoms. The predicted molar refractivity (Wildman–Crippen MR) is 121 cm³/mol. The minimum atomic E-state index is -0.883. The summed E-state index contributed by atoms with van der Waals surface area (Å²) in [4.78, 5) is 28.4. The number of hydrogen-bond donors (Lipinski definition) is 1. The molecule has 0 fully saturated rings. The molecule has 4 aromatic rings. The summed E-state index contributed by atoms with van der Waals surface area (Å²) >= 11 is 1.09. The van der Waals surface area contributed by atoms with Crippen LogP contribution in [0.3, 0.4) is 0 Å². The Bertz CT molecular complexity index is 1350. The first-order valence-electron chi connectivity index (χ1n) is 10.1. The van der Waals surface area contributed by atoms with Gasteiger partial charge in [-0.15, -0.1) is 0 Å². The number of hydrogen-bond acceptors (Lipinski definition) is 9. The largest absolute Gasteiger partial charge is 0.479 e. The second kappa shape index (κ2) is 10.2. The van der Waals surface area contributed by atoms with Crippen LogP contribution in [0.5, 0.6) is 17.4 Å². The van der Waals surface area contributed by atoms with Crippen LogP contribution in [-0.4, -0.2) is 38.8 Å². The summed E-state index contributed by atoms with van der Waals surface area (Å²) in [6.45, 7) is 1.42. The van der Waals surface area contributed by atoms with Crippen LogP contribution >= 0.6 is 11.7 Å². The fourth-order valence-electron chi connectivity index (χ4n) is 3.02. The van der Waals surface area contributed by atoms with E-state index in [2.05, 4.69) is 23.8 Å². The zero-order valence-electron chi connectivity index (χ0n) is 18.1. The van der Waals surface area contributed by atoms with E-state index in [1.807, 2.05) is 0 Å². The number of pyridine rings is 1. The van der Waals surface area contributed by atoms with E-state index >= 15 is 0 Å². The van der Waals surface area contributed by atoms with E-state index in [0.29, 0.717) is 11.3 Å². The monoisotopic (exact) mass is 482 g/mol. The lowest BCUT2D eigenvalue weighted by molar-refractivity contribution is -0.147. The number of fused-ring (bicyclic) bond motifs is 1. The lowest BCUT2D eigenvalue weighted by atomic mass is 10.2.